The van der Waals surface area contributed by atoms with E-state index in [-0.39, 0.29) is 18.4 Å². The molecule has 1 aliphatic rings. The minimum atomic E-state index is -0.268. The van der Waals surface area contributed by atoms with Gasteiger partial charge in [0.05, 0.1) is 19.1 Å². The summed E-state index contributed by atoms with van der Waals surface area (Å²) in [5.74, 6) is 0.698. The second-order valence-corrected chi connectivity index (χ2v) is 6.60. The number of amides is 2. The van der Waals surface area contributed by atoms with Crippen molar-refractivity contribution in [2.45, 2.75) is 12.8 Å². The van der Waals surface area contributed by atoms with E-state index in [1.807, 2.05) is 0 Å². The van der Waals surface area contributed by atoms with Gasteiger partial charge in [0.1, 0.15) is 18.6 Å². The van der Waals surface area contributed by atoms with E-state index in [9.17, 15) is 9.59 Å². The molecular formula is C20H25N3O4. The van der Waals surface area contributed by atoms with Gasteiger partial charge in [0, 0.05) is 18.2 Å². The Morgan fingerprint density at radius 2 is 1.96 bits per heavy atom. The molecule has 0 unspecified atom stereocenters. The van der Waals surface area contributed by atoms with Crippen LogP contribution in [0.2, 0.25) is 0 Å². The van der Waals surface area contributed by atoms with Crippen LogP contribution in [0.5, 0.6) is 5.75 Å². The van der Waals surface area contributed by atoms with Crippen LogP contribution in [0.4, 0.5) is 5.69 Å². The Labute approximate surface area is 158 Å². The highest BCUT2D eigenvalue weighted by Gasteiger charge is 2.22. The molecule has 0 bridgehead atoms. The number of nitrogens with one attached hydrogen (secondary N) is 2. The number of carbonyl (C=O) groups is 2. The van der Waals surface area contributed by atoms with Gasteiger partial charge < -0.3 is 19.8 Å². The highest BCUT2D eigenvalue weighted by atomic mass is 16.5. The van der Waals surface area contributed by atoms with Crippen LogP contribution in [0.3, 0.4) is 0 Å². The van der Waals surface area contributed by atoms with Gasteiger partial charge >= 0.3 is 0 Å². The molecule has 27 heavy (non-hydrogen) atoms. The molecule has 2 aromatic rings. The number of hydrogen-bond acceptors (Lipinski definition) is 5. The van der Waals surface area contributed by atoms with E-state index in [0.717, 1.165) is 25.9 Å². The highest BCUT2D eigenvalue weighted by Crippen LogP contribution is 2.19. The van der Waals surface area contributed by atoms with Crippen molar-refractivity contribution in [1.82, 2.24) is 10.6 Å². The van der Waals surface area contributed by atoms with Gasteiger partial charge in [-0.2, -0.15) is 0 Å². The number of carbonyl (C=O) groups excluding carboxylic acids is 2. The summed E-state index contributed by atoms with van der Waals surface area (Å²) in [6.45, 7) is 2.54. The Kier molecular flexibility index (Phi) is 6.49. The summed E-state index contributed by atoms with van der Waals surface area (Å²) < 4.78 is 10.2. The third-order valence-electron chi connectivity index (χ3n) is 4.75. The molecule has 1 aromatic carbocycles. The summed E-state index contributed by atoms with van der Waals surface area (Å²) in [4.78, 5) is 26.8. The third kappa shape index (κ3) is 5.10. The highest BCUT2D eigenvalue weighted by molar-refractivity contribution is 6.08. The minimum Gasteiger partial charge on any atom is -0.497 e. The van der Waals surface area contributed by atoms with Gasteiger partial charge in [-0.25, -0.2) is 0 Å². The first-order chi connectivity index (χ1) is 13.2. The van der Waals surface area contributed by atoms with Crippen molar-refractivity contribution in [2.24, 2.45) is 5.92 Å². The molecule has 0 atom stereocenters. The molecule has 7 heteroatoms. The molecular weight excluding hydrogens is 346 g/mol. The van der Waals surface area contributed by atoms with Crippen LogP contribution in [0.25, 0.3) is 0 Å². The zero-order valence-corrected chi connectivity index (χ0v) is 15.4. The van der Waals surface area contributed by atoms with Gasteiger partial charge in [-0.3, -0.25) is 14.5 Å². The Hall–Kier alpha value is -2.80. The number of nitrogens with zero attached hydrogens (tertiary/aromatic N) is 1. The maximum absolute atomic E-state index is 12.9. The summed E-state index contributed by atoms with van der Waals surface area (Å²) in [6.07, 6.45) is 5.05. The van der Waals surface area contributed by atoms with E-state index in [0.29, 0.717) is 29.5 Å². The van der Waals surface area contributed by atoms with Crippen molar-refractivity contribution < 1.29 is 18.7 Å². The van der Waals surface area contributed by atoms with Gasteiger partial charge in [0.15, 0.2) is 0 Å². The molecule has 0 spiro atoms. The second-order valence-electron chi connectivity index (χ2n) is 6.60. The summed E-state index contributed by atoms with van der Waals surface area (Å²) in [7, 11) is 1.57. The van der Waals surface area contributed by atoms with Crippen LogP contribution in [0.1, 0.15) is 23.2 Å². The fraction of sp³-hybridized carbons (Fsp3) is 0.400. The zero-order valence-electron chi connectivity index (χ0n) is 15.4. The van der Waals surface area contributed by atoms with Crippen molar-refractivity contribution in [3.8, 4) is 5.75 Å². The lowest BCUT2D eigenvalue weighted by Gasteiger charge is -2.24. The maximum Gasteiger partial charge on any atom is 0.258 e. The Bertz CT molecular complexity index is 737. The van der Waals surface area contributed by atoms with Crippen LogP contribution in [-0.2, 0) is 4.79 Å². The molecule has 0 radical (unpaired) electrons. The van der Waals surface area contributed by atoms with Crippen molar-refractivity contribution in [3.63, 3.8) is 0 Å². The lowest BCUT2D eigenvalue weighted by Crippen LogP contribution is -2.43. The molecule has 2 amide bonds. The number of ether oxygens (including phenoxy) is 1. The number of anilines is 1. The summed E-state index contributed by atoms with van der Waals surface area (Å²) in [5, 5.41) is 6.27. The minimum absolute atomic E-state index is 0.0602. The fourth-order valence-electron chi connectivity index (χ4n) is 3.12. The van der Waals surface area contributed by atoms with Crippen molar-refractivity contribution >= 4 is 17.5 Å². The number of methoxy groups -OCH3 is 1. The van der Waals surface area contributed by atoms with Crippen LogP contribution in [-0.4, -0.2) is 45.1 Å². The third-order valence-corrected chi connectivity index (χ3v) is 4.75. The van der Waals surface area contributed by atoms with Crippen LogP contribution >= 0.6 is 0 Å². The number of piperidine rings is 1. The first-order valence-corrected chi connectivity index (χ1v) is 9.13. The zero-order chi connectivity index (χ0) is 19.1. The largest absolute Gasteiger partial charge is 0.497 e. The molecule has 1 aliphatic heterocycles. The molecule has 3 rings (SSSR count). The van der Waals surface area contributed by atoms with Gasteiger partial charge in [-0.1, -0.05) is 0 Å². The molecule has 0 saturated carbocycles. The smallest absolute Gasteiger partial charge is 0.258 e. The van der Waals surface area contributed by atoms with Crippen LogP contribution in [0.15, 0.2) is 47.3 Å². The topological polar surface area (TPSA) is 83.8 Å². The van der Waals surface area contributed by atoms with Crippen LogP contribution in [0, 0.1) is 5.92 Å². The maximum atomic E-state index is 12.9. The molecule has 7 nitrogen and oxygen atoms in total. The van der Waals surface area contributed by atoms with E-state index in [2.05, 4.69) is 10.6 Å². The van der Waals surface area contributed by atoms with Crippen molar-refractivity contribution in [2.75, 3.05) is 38.2 Å². The molecule has 0 aliphatic carbocycles. The standard InChI is InChI=1S/C20H25N3O4/c1-26-18-4-2-16(3-5-18)20(25)23(17-8-11-27-14-17)13-19(24)22-12-15-6-9-21-10-7-15/h2-5,8,11,14-15,21H,6-7,9-10,12-13H2,1H3,(H,22,24). The Morgan fingerprint density at radius 1 is 1.22 bits per heavy atom. The average molecular weight is 371 g/mol. The summed E-state index contributed by atoms with van der Waals surface area (Å²) in [5.41, 5.74) is 1.02. The normalized spacial score (nSPS) is 14.6. The quantitative estimate of drug-likeness (QED) is 0.778. The Morgan fingerprint density at radius 3 is 2.59 bits per heavy atom. The van der Waals surface area contributed by atoms with E-state index in [1.165, 1.54) is 17.4 Å². The van der Waals surface area contributed by atoms with Gasteiger partial charge in [0.25, 0.3) is 5.91 Å². The predicted molar refractivity (Wildman–Crippen MR) is 102 cm³/mol. The van der Waals surface area contributed by atoms with Gasteiger partial charge in [-0.05, 0) is 56.1 Å². The summed E-state index contributed by atoms with van der Waals surface area (Å²) in [6, 6.07) is 8.47. The van der Waals surface area contributed by atoms with E-state index >= 15 is 0 Å². The van der Waals surface area contributed by atoms with Crippen molar-refractivity contribution in [3.05, 3.63) is 48.4 Å². The fourth-order valence-corrected chi connectivity index (χ4v) is 3.12. The molecule has 2 heterocycles. The number of benzene rings is 1. The summed E-state index contributed by atoms with van der Waals surface area (Å²) >= 11 is 0. The van der Waals surface area contributed by atoms with Crippen molar-refractivity contribution in [1.29, 1.82) is 0 Å². The molecule has 1 aromatic heterocycles. The lowest BCUT2D eigenvalue weighted by molar-refractivity contribution is -0.119. The van der Waals surface area contributed by atoms with Crippen LogP contribution < -0.4 is 20.3 Å². The van der Waals surface area contributed by atoms with E-state index in [4.69, 9.17) is 9.15 Å². The van der Waals surface area contributed by atoms with Gasteiger partial charge in [-0.15, -0.1) is 0 Å². The van der Waals surface area contributed by atoms with Gasteiger partial charge in [0.2, 0.25) is 5.91 Å². The first-order valence-electron chi connectivity index (χ1n) is 9.13. The SMILES string of the molecule is COc1ccc(C(=O)N(CC(=O)NCC2CCNCC2)c2ccoc2)cc1. The molecule has 1 fully saturated rings. The molecule has 144 valence electrons. The number of rotatable bonds is 7. The Balaban J connectivity index is 1.65. The number of furan rings is 1. The van der Waals surface area contributed by atoms with E-state index in [1.54, 1.807) is 37.4 Å². The molecule has 2 N–H and O–H groups in total. The predicted octanol–water partition coefficient (Wildman–Crippen LogP) is 2.05. The lowest BCUT2D eigenvalue weighted by atomic mass is 9.98. The van der Waals surface area contributed by atoms with E-state index < -0.39 is 0 Å². The average Bonchev–Trinajstić information content (AvgIpc) is 3.25. The second kappa shape index (κ2) is 9.23. The number of hydrogen-bond donors (Lipinski definition) is 2. The monoisotopic (exact) mass is 371 g/mol. The molecule has 1 saturated heterocycles. The first kappa shape index (κ1) is 19.0.